The molecule has 0 aliphatic heterocycles. The standard InChI is InChI=1S/C10H20O5S.Na/c1-8(16(12,13)14)7-9(11)15-6-5-10(2,3)4;/h8H,5-7H2,1-4H3,(H,12,13,14);/q;+1/p-1. The van der Waals surface area contributed by atoms with Crippen LogP contribution in [-0.2, 0) is 19.6 Å². The van der Waals surface area contributed by atoms with Gasteiger partial charge in [0.05, 0.1) is 28.4 Å². The van der Waals surface area contributed by atoms with Crippen LogP contribution >= 0.6 is 0 Å². The molecule has 0 aromatic rings. The molecule has 5 nitrogen and oxygen atoms in total. The van der Waals surface area contributed by atoms with Crippen LogP contribution in [0.15, 0.2) is 0 Å². The molecule has 0 fully saturated rings. The van der Waals surface area contributed by atoms with Gasteiger partial charge in [-0.05, 0) is 18.8 Å². The molecule has 0 saturated heterocycles. The van der Waals surface area contributed by atoms with Crippen LogP contribution in [0.1, 0.15) is 40.5 Å². The van der Waals surface area contributed by atoms with Crippen LogP contribution in [0.25, 0.3) is 0 Å². The van der Waals surface area contributed by atoms with Gasteiger partial charge in [-0.3, -0.25) is 4.79 Å². The van der Waals surface area contributed by atoms with Crippen LogP contribution in [0.2, 0.25) is 0 Å². The number of rotatable bonds is 5. The number of hydrogen-bond acceptors (Lipinski definition) is 5. The van der Waals surface area contributed by atoms with Crippen molar-refractivity contribution in [2.45, 2.75) is 45.8 Å². The van der Waals surface area contributed by atoms with Crippen molar-refractivity contribution in [3.8, 4) is 0 Å². The first-order valence-corrected chi connectivity index (χ1v) is 6.60. The first-order valence-electron chi connectivity index (χ1n) is 5.13. The summed E-state index contributed by atoms with van der Waals surface area (Å²) in [5, 5.41) is -1.23. The van der Waals surface area contributed by atoms with E-state index in [4.69, 9.17) is 4.74 Å². The summed E-state index contributed by atoms with van der Waals surface area (Å²) in [5.74, 6) is -0.642. The van der Waals surface area contributed by atoms with Gasteiger partial charge in [-0.15, -0.1) is 0 Å². The molecule has 0 aliphatic rings. The molecule has 1 atom stereocenters. The molecule has 0 aromatic heterocycles. The van der Waals surface area contributed by atoms with Gasteiger partial charge in [0.1, 0.15) is 0 Å². The maximum Gasteiger partial charge on any atom is 1.00 e. The summed E-state index contributed by atoms with van der Waals surface area (Å²) in [5.41, 5.74) is 0.0521. The van der Waals surface area contributed by atoms with Crippen LogP contribution < -0.4 is 29.6 Å². The fourth-order valence-electron chi connectivity index (χ4n) is 0.867. The normalized spacial score (nSPS) is 13.7. The molecule has 0 saturated carbocycles. The smallest absolute Gasteiger partial charge is 0.748 e. The van der Waals surface area contributed by atoms with E-state index in [9.17, 15) is 17.8 Å². The molecule has 7 heteroatoms. The van der Waals surface area contributed by atoms with Crippen molar-refractivity contribution in [3.05, 3.63) is 0 Å². The van der Waals surface area contributed by atoms with E-state index in [2.05, 4.69) is 0 Å². The van der Waals surface area contributed by atoms with E-state index in [0.717, 1.165) is 0 Å². The van der Waals surface area contributed by atoms with Crippen molar-refractivity contribution >= 4 is 16.1 Å². The molecule has 0 radical (unpaired) electrons. The predicted molar refractivity (Wildman–Crippen MR) is 58.8 cm³/mol. The molecular formula is C10H19NaO5S. The number of carbonyl (C=O) groups excluding carboxylic acids is 1. The minimum absolute atomic E-state index is 0. The van der Waals surface area contributed by atoms with E-state index in [0.29, 0.717) is 6.42 Å². The zero-order chi connectivity index (χ0) is 13.0. The second-order valence-corrected chi connectivity index (χ2v) is 6.83. The Bertz CT molecular complexity index is 331. The third kappa shape index (κ3) is 11.2. The van der Waals surface area contributed by atoms with Crippen molar-refractivity contribution in [1.82, 2.24) is 0 Å². The maximum absolute atomic E-state index is 11.2. The summed E-state index contributed by atoms with van der Waals surface area (Å²) in [4.78, 5) is 11.2. The van der Waals surface area contributed by atoms with Gasteiger partial charge in [0.2, 0.25) is 0 Å². The number of hydrogen-bond donors (Lipinski definition) is 0. The monoisotopic (exact) mass is 274 g/mol. The summed E-state index contributed by atoms with van der Waals surface area (Å²) < 4.78 is 36.5. The zero-order valence-corrected chi connectivity index (χ0v) is 14.0. The Kier molecular flexibility index (Phi) is 8.97. The van der Waals surface area contributed by atoms with Crippen LogP contribution in [0.3, 0.4) is 0 Å². The topological polar surface area (TPSA) is 83.5 Å². The maximum atomic E-state index is 11.2. The predicted octanol–water partition coefficient (Wildman–Crippen LogP) is -1.71. The average molecular weight is 274 g/mol. The van der Waals surface area contributed by atoms with Crippen molar-refractivity contribution in [1.29, 1.82) is 0 Å². The summed E-state index contributed by atoms with van der Waals surface area (Å²) in [7, 11) is -4.40. The second-order valence-electron chi connectivity index (χ2n) is 5.04. The average Bonchev–Trinajstić information content (AvgIpc) is 1.99. The molecule has 0 aromatic carbocycles. The summed E-state index contributed by atoms with van der Waals surface area (Å²) >= 11 is 0. The van der Waals surface area contributed by atoms with Crippen molar-refractivity contribution in [2.75, 3.05) is 6.61 Å². The molecule has 0 amide bonds. The molecule has 0 bridgehead atoms. The minimum atomic E-state index is -4.40. The molecule has 0 spiro atoms. The molecule has 17 heavy (non-hydrogen) atoms. The Morgan fingerprint density at radius 1 is 1.35 bits per heavy atom. The van der Waals surface area contributed by atoms with Gasteiger partial charge < -0.3 is 9.29 Å². The van der Waals surface area contributed by atoms with Crippen molar-refractivity contribution < 1.29 is 52.1 Å². The molecule has 0 heterocycles. The SMILES string of the molecule is CC(CC(=O)OCCC(C)(C)C)S(=O)(=O)[O-].[Na+]. The Balaban J connectivity index is 0. The zero-order valence-electron chi connectivity index (χ0n) is 11.1. The minimum Gasteiger partial charge on any atom is -0.748 e. The van der Waals surface area contributed by atoms with E-state index >= 15 is 0 Å². The van der Waals surface area contributed by atoms with Gasteiger partial charge in [0.15, 0.2) is 0 Å². The molecule has 0 N–H and O–H groups in total. The van der Waals surface area contributed by atoms with Crippen molar-refractivity contribution in [2.24, 2.45) is 5.41 Å². The molecule has 96 valence electrons. The first kappa shape index (κ1) is 19.7. The van der Waals surface area contributed by atoms with Crippen LogP contribution in [0.4, 0.5) is 0 Å². The van der Waals surface area contributed by atoms with Gasteiger partial charge >= 0.3 is 35.5 Å². The summed E-state index contributed by atoms with van der Waals surface area (Å²) in [6.45, 7) is 7.46. The molecular weight excluding hydrogens is 255 g/mol. The molecule has 0 rings (SSSR count). The Hall–Kier alpha value is 0.380. The van der Waals surface area contributed by atoms with Crippen LogP contribution in [-0.4, -0.2) is 30.8 Å². The van der Waals surface area contributed by atoms with Gasteiger partial charge in [-0.1, -0.05) is 20.8 Å². The third-order valence-corrected chi connectivity index (χ3v) is 3.21. The molecule has 1 unspecified atom stereocenters. The van der Waals surface area contributed by atoms with Gasteiger partial charge in [-0.25, -0.2) is 8.42 Å². The van der Waals surface area contributed by atoms with E-state index < -0.39 is 21.3 Å². The van der Waals surface area contributed by atoms with Gasteiger partial charge in [0, 0.05) is 0 Å². The van der Waals surface area contributed by atoms with E-state index in [-0.39, 0.29) is 48.0 Å². The fraction of sp³-hybridized carbons (Fsp3) is 0.900. The van der Waals surface area contributed by atoms with E-state index in [1.807, 2.05) is 20.8 Å². The fourth-order valence-corrected chi connectivity index (χ4v) is 1.21. The number of esters is 1. The quantitative estimate of drug-likeness (QED) is 0.339. The van der Waals surface area contributed by atoms with Crippen LogP contribution in [0, 0.1) is 5.41 Å². The van der Waals surface area contributed by atoms with Gasteiger partial charge in [0.25, 0.3) is 0 Å². The Morgan fingerprint density at radius 2 is 1.82 bits per heavy atom. The van der Waals surface area contributed by atoms with E-state index in [1.165, 1.54) is 6.92 Å². The largest absolute Gasteiger partial charge is 1.00 e. The second kappa shape index (κ2) is 7.74. The molecule has 0 aliphatic carbocycles. The third-order valence-electron chi connectivity index (χ3n) is 2.06. The van der Waals surface area contributed by atoms with Crippen molar-refractivity contribution in [3.63, 3.8) is 0 Å². The first-order chi connectivity index (χ1) is 7.02. The number of ether oxygens (including phenoxy) is 1. The number of carbonyl (C=O) groups is 1. The van der Waals surface area contributed by atoms with Crippen LogP contribution in [0.5, 0.6) is 0 Å². The Labute approximate surface area is 125 Å². The summed E-state index contributed by atoms with van der Waals surface area (Å²) in [6, 6.07) is 0. The Morgan fingerprint density at radius 3 is 2.18 bits per heavy atom. The van der Waals surface area contributed by atoms with E-state index in [1.54, 1.807) is 0 Å². The van der Waals surface area contributed by atoms with Gasteiger partial charge in [-0.2, -0.15) is 0 Å². The summed E-state index contributed by atoms with van der Waals surface area (Å²) in [6.07, 6.45) is 0.313.